The van der Waals surface area contributed by atoms with Crippen molar-refractivity contribution in [2.45, 2.75) is 37.4 Å². The first-order valence-electron chi connectivity index (χ1n) is 11.8. The van der Waals surface area contributed by atoms with Crippen LogP contribution in [0.4, 0.5) is 30.6 Å². The number of anilines is 3. The summed E-state index contributed by atoms with van der Waals surface area (Å²) in [4.78, 5) is 24.1. The normalized spacial score (nSPS) is 20.1. The SMILES string of the molecule is NC1CN(c2nc(-c3ccnc(Nc4ncc(F)cc4F)c3)nc3cncc(C4CC4)c23)CCC1F. The Bertz CT molecular complexity index is 1440. The minimum atomic E-state index is -1.05. The van der Waals surface area contributed by atoms with Crippen molar-refractivity contribution in [1.82, 2.24) is 24.9 Å². The highest BCUT2D eigenvalue weighted by Gasteiger charge is 2.32. The highest BCUT2D eigenvalue weighted by atomic mass is 19.1. The van der Waals surface area contributed by atoms with Gasteiger partial charge in [-0.1, -0.05) is 0 Å². The van der Waals surface area contributed by atoms with E-state index in [9.17, 15) is 13.2 Å². The van der Waals surface area contributed by atoms with Crippen LogP contribution in [0.5, 0.6) is 0 Å². The van der Waals surface area contributed by atoms with Gasteiger partial charge in [-0.15, -0.1) is 0 Å². The molecular formula is C25H23F3N8. The summed E-state index contributed by atoms with van der Waals surface area (Å²) in [6, 6.07) is 3.54. The third-order valence-corrected chi connectivity index (χ3v) is 6.58. The summed E-state index contributed by atoms with van der Waals surface area (Å²) in [6.45, 7) is 0.837. The molecule has 2 fully saturated rings. The Morgan fingerprint density at radius 2 is 1.89 bits per heavy atom. The van der Waals surface area contributed by atoms with Gasteiger partial charge in [0.2, 0.25) is 0 Å². The minimum Gasteiger partial charge on any atom is -0.354 e. The van der Waals surface area contributed by atoms with Gasteiger partial charge in [-0.25, -0.2) is 33.1 Å². The number of pyridine rings is 3. The molecule has 8 nitrogen and oxygen atoms in total. The Morgan fingerprint density at radius 3 is 2.67 bits per heavy atom. The van der Waals surface area contributed by atoms with Gasteiger partial charge in [-0.2, -0.15) is 0 Å². The summed E-state index contributed by atoms with van der Waals surface area (Å²) < 4.78 is 41.5. The molecule has 0 aromatic carbocycles. The van der Waals surface area contributed by atoms with Crippen molar-refractivity contribution in [3.63, 3.8) is 0 Å². The van der Waals surface area contributed by atoms with Crippen LogP contribution in [0.3, 0.4) is 0 Å². The van der Waals surface area contributed by atoms with Crippen molar-refractivity contribution in [3.05, 3.63) is 60.2 Å². The van der Waals surface area contributed by atoms with Gasteiger partial charge in [0, 0.05) is 42.5 Å². The molecule has 1 saturated carbocycles. The second-order valence-electron chi connectivity index (χ2n) is 9.22. The van der Waals surface area contributed by atoms with E-state index in [1.807, 2.05) is 11.1 Å². The molecule has 1 aliphatic heterocycles. The number of nitrogens with one attached hydrogen (secondary N) is 1. The Hall–Kier alpha value is -3.86. The van der Waals surface area contributed by atoms with Gasteiger partial charge in [-0.3, -0.25) is 4.98 Å². The van der Waals surface area contributed by atoms with E-state index in [1.54, 1.807) is 18.3 Å². The first-order chi connectivity index (χ1) is 17.5. The minimum absolute atomic E-state index is 0.150. The van der Waals surface area contributed by atoms with Gasteiger partial charge in [0.1, 0.15) is 23.6 Å². The number of rotatable bonds is 5. The molecule has 0 amide bonds. The summed E-state index contributed by atoms with van der Waals surface area (Å²) >= 11 is 0. The number of aromatic nitrogens is 5. The molecule has 184 valence electrons. The molecule has 2 atom stereocenters. The lowest BCUT2D eigenvalue weighted by Gasteiger charge is -2.34. The van der Waals surface area contributed by atoms with Crippen LogP contribution in [0.2, 0.25) is 0 Å². The summed E-state index contributed by atoms with van der Waals surface area (Å²) in [5, 5.41) is 3.69. The van der Waals surface area contributed by atoms with Gasteiger partial charge >= 0.3 is 0 Å². The number of nitrogens with zero attached hydrogens (tertiary/aromatic N) is 6. The second kappa shape index (κ2) is 8.98. The molecule has 4 aromatic rings. The lowest BCUT2D eigenvalue weighted by molar-refractivity contribution is 0.244. The average molecular weight is 493 g/mol. The Balaban J connectivity index is 1.43. The van der Waals surface area contributed by atoms with Gasteiger partial charge in [0.05, 0.1) is 24.0 Å². The molecule has 2 aliphatic rings. The molecular weight excluding hydrogens is 469 g/mol. The fourth-order valence-corrected chi connectivity index (χ4v) is 4.56. The Morgan fingerprint density at radius 1 is 1.03 bits per heavy atom. The van der Waals surface area contributed by atoms with E-state index >= 15 is 0 Å². The van der Waals surface area contributed by atoms with Crippen molar-refractivity contribution >= 4 is 28.4 Å². The van der Waals surface area contributed by atoms with E-state index < -0.39 is 23.8 Å². The first kappa shape index (κ1) is 22.6. The maximum Gasteiger partial charge on any atom is 0.168 e. The highest BCUT2D eigenvalue weighted by Crippen LogP contribution is 2.45. The molecule has 1 saturated heterocycles. The van der Waals surface area contributed by atoms with Gasteiger partial charge in [-0.05, 0) is 42.9 Å². The van der Waals surface area contributed by atoms with Crippen LogP contribution < -0.4 is 16.0 Å². The van der Waals surface area contributed by atoms with Crippen molar-refractivity contribution in [2.75, 3.05) is 23.3 Å². The predicted molar refractivity (Wildman–Crippen MR) is 130 cm³/mol. The van der Waals surface area contributed by atoms with Gasteiger partial charge in [0.25, 0.3) is 0 Å². The molecule has 2 unspecified atom stereocenters. The molecule has 4 aromatic heterocycles. The van der Waals surface area contributed by atoms with Crippen LogP contribution in [0.25, 0.3) is 22.3 Å². The number of alkyl halides is 1. The summed E-state index contributed by atoms with van der Waals surface area (Å²) in [5.41, 5.74) is 8.48. The predicted octanol–water partition coefficient (Wildman–Crippen LogP) is 4.26. The van der Waals surface area contributed by atoms with E-state index in [4.69, 9.17) is 15.7 Å². The number of hydrogen-bond donors (Lipinski definition) is 2. The van der Waals surface area contributed by atoms with E-state index in [-0.39, 0.29) is 5.82 Å². The standard InChI is InChI=1S/C25H23F3N8/c26-15-8-18(28)24(32-9-15)34-21-7-14(3-5-31-21)23-33-20-11-30-10-16(13-1-2-13)22(20)25(35-23)36-6-4-17(27)19(29)12-36/h3,5,7-11,13,17,19H,1-2,4,6,12,29H2,(H,31,32,34). The van der Waals surface area contributed by atoms with E-state index in [1.165, 1.54) is 6.20 Å². The maximum absolute atomic E-state index is 14.2. The largest absolute Gasteiger partial charge is 0.354 e. The summed E-state index contributed by atoms with van der Waals surface area (Å²) in [5.74, 6) is 0.0747. The van der Waals surface area contributed by atoms with E-state index in [0.29, 0.717) is 54.0 Å². The quantitative estimate of drug-likeness (QED) is 0.426. The van der Waals surface area contributed by atoms with Crippen LogP contribution in [-0.4, -0.2) is 50.2 Å². The number of halogens is 3. The molecule has 5 heterocycles. The fraction of sp³-hybridized carbons (Fsp3) is 0.320. The highest BCUT2D eigenvalue weighted by molar-refractivity contribution is 5.94. The molecule has 0 radical (unpaired) electrons. The molecule has 36 heavy (non-hydrogen) atoms. The first-order valence-corrected chi connectivity index (χ1v) is 11.8. The molecule has 1 aliphatic carbocycles. The third-order valence-electron chi connectivity index (χ3n) is 6.58. The Kier molecular flexibility index (Phi) is 5.63. The zero-order chi connectivity index (χ0) is 24.8. The van der Waals surface area contributed by atoms with Crippen LogP contribution in [0.15, 0.2) is 43.0 Å². The Labute approximate surface area is 204 Å². The van der Waals surface area contributed by atoms with Crippen LogP contribution in [0, 0.1) is 11.6 Å². The lowest BCUT2D eigenvalue weighted by Crippen LogP contribution is -2.50. The number of fused-ring (bicyclic) bond motifs is 1. The molecule has 3 N–H and O–H groups in total. The van der Waals surface area contributed by atoms with Gasteiger partial charge in [0.15, 0.2) is 17.5 Å². The van der Waals surface area contributed by atoms with Crippen molar-refractivity contribution < 1.29 is 13.2 Å². The monoisotopic (exact) mass is 492 g/mol. The van der Waals surface area contributed by atoms with Crippen molar-refractivity contribution in [1.29, 1.82) is 0 Å². The third kappa shape index (κ3) is 4.30. The summed E-state index contributed by atoms with van der Waals surface area (Å²) in [7, 11) is 0. The lowest BCUT2D eigenvalue weighted by atomic mass is 10.0. The zero-order valence-electron chi connectivity index (χ0n) is 19.2. The maximum atomic E-state index is 14.2. The van der Waals surface area contributed by atoms with Crippen molar-refractivity contribution in [3.8, 4) is 11.4 Å². The van der Waals surface area contributed by atoms with Gasteiger partial charge < -0.3 is 16.0 Å². The number of piperidine rings is 1. The zero-order valence-corrected chi connectivity index (χ0v) is 19.2. The smallest absolute Gasteiger partial charge is 0.168 e. The fourth-order valence-electron chi connectivity index (χ4n) is 4.56. The number of hydrogen-bond acceptors (Lipinski definition) is 8. The summed E-state index contributed by atoms with van der Waals surface area (Å²) in [6.07, 6.45) is 7.48. The van der Waals surface area contributed by atoms with Crippen LogP contribution in [0.1, 0.15) is 30.7 Å². The second-order valence-corrected chi connectivity index (χ2v) is 9.22. The van der Waals surface area contributed by atoms with E-state index in [2.05, 4.69) is 20.3 Å². The molecule has 0 spiro atoms. The topological polar surface area (TPSA) is 106 Å². The van der Waals surface area contributed by atoms with Crippen LogP contribution >= 0.6 is 0 Å². The number of nitrogens with two attached hydrogens (primary N) is 1. The molecule has 11 heteroatoms. The van der Waals surface area contributed by atoms with Crippen LogP contribution in [-0.2, 0) is 0 Å². The average Bonchev–Trinajstić information content (AvgIpc) is 3.72. The van der Waals surface area contributed by atoms with Crippen molar-refractivity contribution in [2.24, 2.45) is 5.73 Å². The molecule has 0 bridgehead atoms. The molecule has 6 rings (SSSR count). The van der Waals surface area contributed by atoms with E-state index in [0.717, 1.165) is 36.1 Å².